The Kier molecular flexibility index (Phi) is 8.58. The number of benzene rings is 4. The van der Waals surface area contributed by atoms with E-state index in [4.69, 9.17) is 5.48 Å². The second-order valence-electron chi connectivity index (χ2n) is 8.36. The Morgan fingerprint density at radius 1 is 0.538 bits per heavy atom. The van der Waals surface area contributed by atoms with Crippen LogP contribution in [0.25, 0.3) is 22.5 Å². The fraction of sp³-hybridized carbons (Fsp3) is 0.0556. The van der Waals surface area contributed by atoms with Crippen LogP contribution in [-0.4, -0.2) is 9.97 Å². The smallest absolute Gasteiger partial charge is 0.0365 e. The number of aromatic nitrogens is 2. The van der Waals surface area contributed by atoms with E-state index in [9.17, 15) is 0 Å². The van der Waals surface area contributed by atoms with Crippen LogP contribution in [0.2, 0.25) is 0 Å². The van der Waals surface area contributed by atoms with E-state index < -0.39 is 12.7 Å². The maximum Gasteiger partial charge on any atom is 0.0365 e. The maximum absolute atomic E-state index is 8.52. The molecule has 2 nitrogen and oxygen atoms in total. The van der Waals surface area contributed by atoms with Gasteiger partial charge in [-0.15, -0.1) is 71.3 Å². The number of hydrogen-bond acceptors (Lipinski definition) is 2. The summed E-state index contributed by atoms with van der Waals surface area (Å²) in [6.45, 7) is 0. The van der Waals surface area contributed by atoms with E-state index in [1.165, 1.54) is 0 Å². The zero-order valence-corrected chi connectivity index (χ0v) is 23.5. The third-order valence-electron chi connectivity index (χ3n) is 5.64. The minimum absolute atomic E-state index is 0. The van der Waals surface area contributed by atoms with Crippen molar-refractivity contribution in [1.29, 1.82) is 0 Å². The number of pyridine rings is 2. The van der Waals surface area contributed by atoms with Gasteiger partial charge >= 0.3 is 0 Å². The normalized spacial score (nSPS) is 12.3. The van der Waals surface area contributed by atoms with Crippen LogP contribution in [0.15, 0.2) is 146 Å². The molecule has 6 aromatic rings. The average Bonchev–Trinajstić information content (AvgIpc) is 3.07. The standard InChI is InChI=1S/2C18H14N.Ir/c1-3-7-15(8-4-1)13-16-11-12-19-18(14-16)17-9-5-2-6-10-17;1-2-8-15(9-3-1)14-16-10-4-5-11-17(16)18-12-6-7-13-19-18;/h1-9,11-12,14H,13H2;1-10,12-13H,14H2;/q2*-1;/i13D2;14D2;. The van der Waals surface area contributed by atoms with Crippen LogP contribution in [-0.2, 0) is 32.9 Å². The van der Waals surface area contributed by atoms with Gasteiger partial charge in [0, 0.05) is 38.0 Å². The summed E-state index contributed by atoms with van der Waals surface area (Å²) in [7, 11) is 0. The second kappa shape index (κ2) is 14.7. The fourth-order valence-electron chi connectivity index (χ4n) is 3.84. The Labute approximate surface area is 250 Å². The molecule has 6 rings (SSSR count). The quantitative estimate of drug-likeness (QED) is 0.165. The first-order valence-electron chi connectivity index (χ1n) is 14.3. The molecule has 39 heavy (non-hydrogen) atoms. The summed E-state index contributed by atoms with van der Waals surface area (Å²) < 4.78 is 33.8. The summed E-state index contributed by atoms with van der Waals surface area (Å²) in [6, 6.07) is 46.7. The largest absolute Gasteiger partial charge is 0.305 e. The summed E-state index contributed by atoms with van der Waals surface area (Å²) >= 11 is 0. The first kappa shape index (κ1) is 22.8. The summed E-state index contributed by atoms with van der Waals surface area (Å²) in [6.07, 6.45) is 0.212. The summed E-state index contributed by atoms with van der Waals surface area (Å²) in [5.41, 5.74) is 5.46. The van der Waals surface area contributed by atoms with Crippen molar-refractivity contribution in [3.8, 4) is 22.5 Å². The van der Waals surface area contributed by atoms with Gasteiger partial charge in [0.15, 0.2) is 0 Å². The van der Waals surface area contributed by atoms with Gasteiger partial charge < -0.3 is 9.97 Å². The molecule has 3 heteroatoms. The van der Waals surface area contributed by atoms with Crippen molar-refractivity contribution in [3.05, 3.63) is 180 Å². The van der Waals surface area contributed by atoms with Gasteiger partial charge in [-0.2, -0.15) is 0 Å². The van der Waals surface area contributed by atoms with Crippen LogP contribution in [0.3, 0.4) is 0 Å². The van der Waals surface area contributed by atoms with Crippen LogP contribution in [0.4, 0.5) is 0 Å². The van der Waals surface area contributed by atoms with E-state index in [2.05, 4.69) is 22.1 Å². The Morgan fingerprint density at radius 2 is 1.21 bits per heavy atom. The Balaban J connectivity index is 0.000000192. The molecule has 0 bridgehead atoms. The van der Waals surface area contributed by atoms with Gasteiger partial charge in [-0.25, -0.2) is 0 Å². The van der Waals surface area contributed by atoms with Crippen LogP contribution in [0.1, 0.15) is 27.7 Å². The summed E-state index contributed by atoms with van der Waals surface area (Å²) in [5.74, 6) is 0. The molecule has 0 unspecified atom stereocenters. The van der Waals surface area contributed by atoms with Crippen LogP contribution in [0.5, 0.6) is 0 Å². The minimum atomic E-state index is -1.59. The van der Waals surface area contributed by atoms with Gasteiger partial charge in [-0.1, -0.05) is 84.4 Å². The SMILES string of the molecule is [2H]C([2H])(c1ccccc1)c1ccc[c-]c1-c1ccccn1.[2H]C([2H])(c1ccccc1)c1ccnc(-c2[c-]cccc2)c1.[Ir]. The molecule has 193 valence electrons. The van der Waals surface area contributed by atoms with Crippen molar-refractivity contribution in [2.24, 2.45) is 0 Å². The molecular weight excluding hydrogens is 653 g/mol. The molecule has 4 aromatic carbocycles. The van der Waals surface area contributed by atoms with Crippen molar-refractivity contribution in [2.45, 2.75) is 12.7 Å². The predicted octanol–water partition coefficient (Wildman–Crippen LogP) is 8.28. The Bertz CT molecular complexity index is 1720. The zero-order valence-electron chi connectivity index (χ0n) is 25.1. The van der Waals surface area contributed by atoms with Crippen molar-refractivity contribution >= 4 is 0 Å². The number of nitrogens with zero attached hydrogens (tertiary/aromatic N) is 2. The van der Waals surface area contributed by atoms with Crippen LogP contribution in [0, 0.1) is 12.1 Å². The van der Waals surface area contributed by atoms with E-state index in [0.717, 1.165) is 17.0 Å². The first-order valence-corrected chi connectivity index (χ1v) is 12.3. The monoisotopic (exact) mass is 685 g/mol. The first-order chi connectivity index (χ1) is 20.4. The van der Waals surface area contributed by atoms with Gasteiger partial charge in [0.05, 0.1) is 0 Å². The van der Waals surface area contributed by atoms with E-state index in [-0.39, 0.29) is 20.1 Å². The summed E-state index contributed by atoms with van der Waals surface area (Å²) in [5, 5.41) is 0. The second-order valence-corrected chi connectivity index (χ2v) is 8.36. The van der Waals surface area contributed by atoms with Crippen molar-refractivity contribution in [2.75, 3.05) is 0 Å². The third-order valence-corrected chi connectivity index (χ3v) is 5.64. The van der Waals surface area contributed by atoms with Crippen molar-refractivity contribution < 1.29 is 25.6 Å². The maximum atomic E-state index is 8.52. The molecule has 0 aliphatic rings. The molecule has 0 saturated heterocycles. The van der Waals surface area contributed by atoms with E-state index in [1.807, 2.05) is 84.9 Å². The van der Waals surface area contributed by atoms with Gasteiger partial charge in [0.2, 0.25) is 0 Å². The molecule has 0 aliphatic carbocycles. The van der Waals surface area contributed by atoms with Crippen LogP contribution < -0.4 is 0 Å². The van der Waals surface area contributed by atoms with E-state index >= 15 is 0 Å². The van der Waals surface area contributed by atoms with Gasteiger partial charge in [0.25, 0.3) is 0 Å². The van der Waals surface area contributed by atoms with E-state index in [1.54, 1.807) is 60.9 Å². The Morgan fingerprint density at radius 3 is 1.90 bits per heavy atom. The van der Waals surface area contributed by atoms with Gasteiger partial charge in [-0.3, -0.25) is 0 Å². The molecule has 0 N–H and O–H groups in total. The van der Waals surface area contributed by atoms with E-state index in [0.29, 0.717) is 27.8 Å². The molecule has 0 spiro atoms. The zero-order chi connectivity index (χ0) is 29.4. The van der Waals surface area contributed by atoms with Gasteiger partial charge in [-0.05, 0) is 47.4 Å². The average molecular weight is 685 g/mol. The number of hydrogen-bond donors (Lipinski definition) is 0. The topological polar surface area (TPSA) is 25.8 Å². The van der Waals surface area contributed by atoms with Crippen molar-refractivity contribution in [1.82, 2.24) is 9.97 Å². The third kappa shape index (κ3) is 8.15. The molecule has 2 heterocycles. The van der Waals surface area contributed by atoms with Crippen molar-refractivity contribution in [3.63, 3.8) is 0 Å². The fourth-order valence-corrected chi connectivity index (χ4v) is 3.84. The minimum Gasteiger partial charge on any atom is -0.305 e. The molecule has 0 atom stereocenters. The molecule has 2 aromatic heterocycles. The molecule has 0 saturated carbocycles. The van der Waals surface area contributed by atoms with Gasteiger partial charge in [0.1, 0.15) is 0 Å². The molecular formula is C36H28IrN2-2. The molecule has 1 radical (unpaired) electrons. The molecule has 0 aliphatic heterocycles. The predicted molar refractivity (Wildman–Crippen MR) is 156 cm³/mol. The molecule has 0 fully saturated rings. The van der Waals surface area contributed by atoms with Crippen LogP contribution >= 0.6 is 0 Å². The summed E-state index contributed by atoms with van der Waals surface area (Å²) in [4.78, 5) is 8.64. The number of rotatable bonds is 6. The molecule has 0 amide bonds. The Hall–Kier alpha value is -4.17.